The van der Waals surface area contributed by atoms with Crippen LogP contribution in [0.1, 0.15) is 43.4 Å². The number of carbonyl (C=O) groups is 2. The summed E-state index contributed by atoms with van der Waals surface area (Å²) in [5.74, 6) is -0.265. The minimum absolute atomic E-state index is 0.112. The molecule has 0 aliphatic carbocycles. The van der Waals surface area contributed by atoms with Crippen LogP contribution in [0.15, 0.2) is 60.7 Å². The van der Waals surface area contributed by atoms with Gasteiger partial charge in [0.2, 0.25) is 5.91 Å². The van der Waals surface area contributed by atoms with Crippen molar-refractivity contribution in [3.63, 3.8) is 0 Å². The predicted octanol–water partition coefficient (Wildman–Crippen LogP) is 3.76. The highest BCUT2D eigenvalue weighted by Gasteiger charge is 2.44. The molecule has 1 heterocycles. The quantitative estimate of drug-likeness (QED) is 0.755. The van der Waals surface area contributed by atoms with Crippen molar-refractivity contribution in [1.29, 1.82) is 0 Å². The summed E-state index contributed by atoms with van der Waals surface area (Å²) in [4.78, 5) is 29.1. The molecule has 1 saturated heterocycles. The van der Waals surface area contributed by atoms with Gasteiger partial charge in [0.05, 0.1) is 12.1 Å². The molecule has 2 aromatic carbocycles. The molecule has 1 aliphatic heterocycles. The number of likely N-dealkylation sites (N-methyl/N-ethyl adjacent to an activating group) is 1. The fourth-order valence-electron chi connectivity index (χ4n) is 3.98. The Balaban J connectivity index is 1.72. The summed E-state index contributed by atoms with van der Waals surface area (Å²) in [6, 6.07) is 18.2. The fourth-order valence-corrected chi connectivity index (χ4v) is 3.98. The van der Waals surface area contributed by atoms with Gasteiger partial charge in [0, 0.05) is 13.6 Å². The van der Waals surface area contributed by atoms with Crippen LogP contribution >= 0.6 is 0 Å². The standard InChI is InChI=1S/C24H30N2O4/c1-3-10-20(19-13-8-5-9-14-19)25(2)23(28)22-21(27)15-16-26(22)24(29)30-17-18-11-6-4-7-12-18/h4-9,11-14,20-22,27H,3,10,15-17H2,1-2H3/t20?,21?,22-/m0/s1. The Morgan fingerprint density at radius 3 is 2.40 bits per heavy atom. The van der Waals surface area contributed by atoms with Gasteiger partial charge in [-0.2, -0.15) is 0 Å². The summed E-state index contributed by atoms with van der Waals surface area (Å²) in [7, 11) is 1.74. The zero-order valence-electron chi connectivity index (χ0n) is 17.6. The largest absolute Gasteiger partial charge is 0.445 e. The number of likely N-dealkylation sites (tertiary alicyclic amines) is 1. The Bertz CT molecular complexity index is 828. The van der Waals surface area contributed by atoms with E-state index in [-0.39, 0.29) is 18.6 Å². The van der Waals surface area contributed by atoms with Crippen molar-refractivity contribution >= 4 is 12.0 Å². The number of ether oxygens (including phenoxy) is 1. The molecule has 2 unspecified atom stereocenters. The van der Waals surface area contributed by atoms with Crippen molar-refractivity contribution in [1.82, 2.24) is 9.80 Å². The van der Waals surface area contributed by atoms with Crippen molar-refractivity contribution < 1.29 is 19.4 Å². The van der Waals surface area contributed by atoms with E-state index in [1.165, 1.54) is 4.90 Å². The first-order chi connectivity index (χ1) is 14.5. The maximum atomic E-state index is 13.4. The van der Waals surface area contributed by atoms with Gasteiger partial charge in [0.15, 0.2) is 0 Å². The Labute approximate surface area is 178 Å². The Morgan fingerprint density at radius 2 is 1.77 bits per heavy atom. The van der Waals surface area contributed by atoms with Crippen LogP contribution in [0.25, 0.3) is 0 Å². The molecule has 0 bridgehead atoms. The maximum absolute atomic E-state index is 13.4. The molecule has 0 saturated carbocycles. The predicted molar refractivity (Wildman–Crippen MR) is 115 cm³/mol. The topological polar surface area (TPSA) is 70.1 Å². The van der Waals surface area contributed by atoms with Gasteiger partial charge in [0.25, 0.3) is 0 Å². The number of amides is 2. The average molecular weight is 411 g/mol. The number of nitrogens with zero attached hydrogens (tertiary/aromatic N) is 2. The second-order valence-corrected chi connectivity index (χ2v) is 7.70. The third-order valence-electron chi connectivity index (χ3n) is 5.62. The molecule has 0 aromatic heterocycles. The highest BCUT2D eigenvalue weighted by molar-refractivity contribution is 5.87. The third kappa shape index (κ3) is 5.00. The first-order valence-electron chi connectivity index (χ1n) is 10.5. The lowest BCUT2D eigenvalue weighted by Gasteiger charge is -2.34. The van der Waals surface area contributed by atoms with E-state index in [1.807, 2.05) is 60.7 Å². The van der Waals surface area contributed by atoms with E-state index in [4.69, 9.17) is 4.74 Å². The van der Waals surface area contributed by atoms with E-state index in [0.717, 1.165) is 24.0 Å². The summed E-state index contributed by atoms with van der Waals surface area (Å²) < 4.78 is 5.42. The molecule has 30 heavy (non-hydrogen) atoms. The molecule has 3 rings (SSSR count). The summed E-state index contributed by atoms with van der Waals surface area (Å²) in [6.45, 7) is 2.50. The van der Waals surface area contributed by atoms with Gasteiger partial charge < -0.3 is 14.7 Å². The summed E-state index contributed by atoms with van der Waals surface area (Å²) >= 11 is 0. The van der Waals surface area contributed by atoms with Gasteiger partial charge in [-0.1, -0.05) is 74.0 Å². The molecule has 1 N–H and O–H groups in total. The number of aliphatic hydroxyl groups excluding tert-OH is 1. The summed E-state index contributed by atoms with van der Waals surface area (Å²) in [6.07, 6.45) is 0.589. The number of benzene rings is 2. The number of aliphatic hydroxyl groups is 1. The smallest absolute Gasteiger partial charge is 0.410 e. The highest BCUT2D eigenvalue weighted by atomic mass is 16.6. The molecular formula is C24H30N2O4. The van der Waals surface area contributed by atoms with Gasteiger partial charge >= 0.3 is 6.09 Å². The molecule has 2 amide bonds. The molecule has 1 aliphatic rings. The number of rotatable bonds is 7. The van der Waals surface area contributed by atoms with Crippen LogP contribution in [-0.4, -0.2) is 52.6 Å². The molecule has 1 fully saturated rings. The summed E-state index contributed by atoms with van der Waals surface area (Å²) in [5, 5.41) is 10.5. The molecule has 0 spiro atoms. The molecular weight excluding hydrogens is 380 g/mol. The van der Waals surface area contributed by atoms with Crippen LogP contribution in [0.4, 0.5) is 4.79 Å². The zero-order valence-corrected chi connectivity index (χ0v) is 17.6. The zero-order chi connectivity index (χ0) is 21.5. The fraction of sp³-hybridized carbons (Fsp3) is 0.417. The van der Waals surface area contributed by atoms with Gasteiger partial charge in [-0.05, 0) is 24.0 Å². The highest BCUT2D eigenvalue weighted by Crippen LogP contribution is 2.28. The van der Waals surface area contributed by atoms with Crippen LogP contribution in [0.5, 0.6) is 0 Å². The lowest BCUT2D eigenvalue weighted by atomic mass is 9.99. The second kappa shape index (κ2) is 10.3. The SMILES string of the molecule is CCCC(c1ccccc1)N(C)C(=O)[C@@H]1C(O)CCN1C(=O)OCc1ccccc1. The van der Waals surface area contributed by atoms with Crippen molar-refractivity contribution in [2.24, 2.45) is 0 Å². The van der Waals surface area contributed by atoms with Crippen LogP contribution in [0.2, 0.25) is 0 Å². The minimum atomic E-state index is -0.929. The van der Waals surface area contributed by atoms with Crippen molar-refractivity contribution in [3.05, 3.63) is 71.8 Å². The van der Waals surface area contributed by atoms with Gasteiger partial charge in [0.1, 0.15) is 12.6 Å². The Morgan fingerprint density at radius 1 is 1.13 bits per heavy atom. The molecule has 6 heteroatoms. The monoisotopic (exact) mass is 410 g/mol. The molecule has 0 radical (unpaired) electrons. The lowest BCUT2D eigenvalue weighted by molar-refractivity contribution is -0.139. The van der Waals surface area contributed by atoms with Gasteiger partial charge in [-0.15, -0.1) is 0 Å². The number of hydrogen-bond donors (Lipinski definition) is 1. The maximum Gasteiger partial charge on any atom is 0.410 e. The van der Waals surface area contributed by atoms with Gasteiger partial charge in [-0.3, -0.25) is 9.69 Å². The van der Waals surface area contributed by atoms with E-state index < -0.39 is 18.2 Å². The lowest BCUT2D eigenvalue weighted by Crippen LogP contribution is -2.51. The van der Waals surface area contributed by atoms with Crippen molar-refractivity contribution in [2.45, 2.75) is 51.0 Å². The van der Waals surface area contributed by atoms with Crippen LogP contribution in [0.3, 0.4) is 0 Å². The van der Waals surface area contributed by atoms with Gasteiger partial charge in [-0.25, -0.2) is 4.79 Å². The first-order valence-corrected chi connectivity index (χ1v) is 10.5. The van der Waals surface area contributed by atoms with E-state index in [9.17, 15) is 14.7 Å². The van der Waals surface area contributed by atoms with E-state index >= 15 is 0 Å². The minimum Gasteiger partial charge on any atom is -0.445 e. The first kappa shape index (κ1) is 21.8. The van der Waals surface area contributed by atoms with Crippen LogP contribution in [-0.2, 0) is 16.1 Å². The normalized spacial score (nSPS) is 19.4. The van der Waals surface area contributed by atoms with Crippen molar-refractivity contribution in [2.75, 3.05) is 13.6 Å². The number of hydrogen-bond acceptors (Lipinski definition) is 4. The van der Waals surface area contributed by atoms with Crippen LogP contribution < -0.4 is 0 Å². The van der Waals surface area contributed by atoms with Crippen molar-refractivity contribution in [3.8, 4) is 0 Å². The van der Waals surface area contributed by atoms with E-state index in [0.29, 0.717) is 13.0 Å². The third-order valence-corrected chi connectivity index (χ3v) is 5.62. The second-order valence-electron chi connectivity index (χ2n) is 7.70. The average Bonchev–Trinajstić information content (AvgIpc) is 3.17. The van der Waals surface area contributed by atoms with E-state index in [1.54, 1.807) is 11.9 Å². The number of carbonyl (C=O) groups excluding carboxylic acids is 2. The Kier molecular flexibility index (Phi) is 7.46. The van der Waals surface area contributed by atoms with Crippen LogP contribution in [0, 0.1) is 0 Å². The van der Waals surface area contributed by atoms with E-state index in [2.05, 4.69) is 6.92 Å². The Hall–Kier alpha value is -2.86. The molecule has 6 nitrogen and oxygen atoms in total. The molecule has 3 atom stereocenters. The molecule has 160 valence electrons. The summed E-state index contributed by atoms with van der Waals surface area (Å²) in [5.41, 5.74) is 1.92. The molecule has 2 aromatic rings.